The third-order valence-electron chi connectivity index (χ3n) is 4.44. The molecule has 2 aliphatic rings. The van der Waals surface area contributed by atoms with Crippen molar-refractivity contribution in [3.63, 3.8) is 0 Å². The quantitative estimate of drug-likeness (QED) is 0.532. The van der Waals surface area contributed by atoms with Crippen molar-refractivity contribution in [2.24, 2.45) is 0 Å². The molecule has 2 aromatic heterocycles. The molecule has 0 bridgehead atoms. The van der Waals surface area contributed by atoms with E-state index in [0.29, 0.717) is 23.0 Å². The van der Waals surface area contributed by atoms with Gasteiger partial charge in [0.25, 0.3) is 0 Å². The number of rotatable bonds is 2. The second-order valence-electron chi connectivity index (χ2n) is 5.94. The molecule has 0 amide bonds. The zero-order valence-corrected chi connectivity index (χ0v) is 12.9. The fraction of sp³-hybridized carbons (Fsp3) is 0.235. The minimum absolute atomic E-state index is 0.139. The number of nitrogens with zero attached hydrogens (tertiary/aromatic N) is 3. The molecule has 3 heterocycles. The van der Waals surface area contributed by atoms with Crippen LogP contribution in [0.1, 0.15) is 34.9 Å². The Kier molecular flexibility index (Phi) is 2.59. The average molecular weight is 326 g/mol. The van der Waals surface area contributed by atoms with Gasteiger partial charge in [-0.15, -0.1) is 0 Å². The van der Waals surface area contributed by atoms with E-state index >= 15 is 0 Å². The van der Waals surface area contributed by atoms with Gasteiger partial charge in [0.1, 0.15) is 12.2 Å². The first-order chi connectivity index (χ1) is 11.2. The highest BCUT2D eigenvalue weighted by Crippen LogP contribution is 2.42. The van der Waals surface area contributed by atoms with Crippen molar-refractivity contribution in [3.05, 3.63) is 47.0 Å². The molecule has 0 N–H and O–H groups in total. The first-order valence-electron chi connectivity index (χ1n) is 7.56. The van der Waals surface area contributed by atoms with Gasteiger partial charge in [0.15, 0.2) is 0 Å². The molecule has 0 unspecified atom stereocenters. The van der Waals surface area contributed by atoms with Crippen molar-refractivity contribution in [1.82, 2.24) is 14.5 Å². The number of carbonyl (C=O) groups is 1. The van der Waals surface area contributed by atoms with Crippen LogP contribution in [-0.2, 0) is 11.3 Å². The first kappa shape index (κ1) is 13.1. The number of benzene rings is 1. The molecular weight excluding hydrogens is 314 g/mol. The van der Waals surface area contributed by atoms with Gasteiger partial charge in [0.2, 0.25) is 5.28 Å². The molecular formula is C17H12ClN3O2. The molecule has 1 aromatic carbocycles. The van der Waals surface area contributed by atoms with Crippen molar-refractivity contribution in [2.75, 3.05) is 0 Å². The van der Waals surface area contributed by atoms with Crippen LogP contribution in [0.25, 0.3) is 22.2 Å². The summed E-state index contributed by atoms with van der Waals surface area (Å²) in [7, 11) is 0. The Bertz CT molecular complexity index is 975. The number of halogens is 1. The van der Waals surface area contributed by atoms with E-state index in [1.807, 2.05) is 18.2 Å². The summed E-state index contributed by atoms with van der Waals surface area (Å²) in [6.07, 6.45) is 4.44. The lowest BCUT2D eigenvalue weighted by Gasteiger charge is -2.04. The molecule has 1 aliphatic heterocycles. The van der Waals surface area contributed by atoms with Crippen LogP contribution >= 0.6 is 11.6 Å². The standard InChI is InChI=1S/C17H12ClN3O2/c18-17-19-12-8-23-16(22)14(12)15(20-17)11-7-21(9-5-6-9)13-4-2-1-3-10(11)13/h1-4,7,9H,5-6,8H2. The van der Waals surface area contributed by atoms with E-state index in [-0.39, 0.29) is 17.9 Å². The van der Waals surface area contributed by atoms with Crippen LogP contribution in [0.4, 0.5) is 0 Å². The summed E-state index contributed by atoms with van der Waals surface area (Å²) in [6.45, 7) is 0.157. The average Bonchev–Trinajstić information content (AvgIpc) is 3.23. The van der Waals surface area contributed by atoms with Crippen LogP contribution in [0, 0.1) is 0 Å². The number of cyclic esters (lactones) is 1. The van der Waals surface area contributed by atoms with E-state index < -0.39 is 0 Å². The number of aromatic nitrogens is 3. The maximum absolute atomic E-state index is 12.1. The Labute approximate surface area is 136 Å². The normalized spacial score (nSPS) is 16.7. The molecule has 3 aromatic rings. The molecule has 0 radical (unpaired) electrons. The highest BCUT2D eigenvalue weighted by Gasteiger charge is 2.32. The third kappa shape index (κ3) is 1.90. The molecule has 1 aliphatic carbocycles. The molecule has 6 heteroatoms. The van der Waals surface area contributed by atoms with E-state index in [9.17, 15) is 4.79 Å². The highest BCUT2D eigenvalue weighted by atomic mass is 35.5. The number of esters is 1. The number of ether oxygens (including phenoxy) is 1. The van der Waals surface area contributed by atoms with E-state index in [4.69, 9.17) is 16.3 Å². The Hall–Kier alpha value is -2.40. The molecule has 5 nitrogen and oxygen atoms in total. The SMILES string of the molecule is O=C1OCc2nc(Cl)nc(-c3cn(C4CC4)c4ccccc34)c21. The topological polar surface area (TPSA) is 57.0 Å². The van der Waals surface area contributed by atoms with Crippen molar-refractivity contribution >= 4 is 28.5 Å². The van der Waals surface area contributed by atoms with Gasteiger partial charge in [0.05, 0.1) is 11.4 Å². The van der Waals surface area contributed by atoms with Crippen molar-refractivity contribution in [1.29, 1.82) is 0 Å². The molecule has 5 rings (SSSR count). The Morgan fingerprint density at radius 1 is 1.22 bits per heavy atom. The number of carbonyl (C=O) groups excluding carboxylic acids is 1. The fourth-order valence-corrected chi connectivity index (χ4v) is 3.43. The third-order valence-corrected chi connectivity index (χ3v) is 4.61. The summed E-state index contributed by atoms with van der Waals surface area (Å²) in [4.78, 5) is 20.6. The van der Waals surface area contributed by atoms with Crippen molar-refractivity contribution in [3.8, 4) is 11.3 Å². The maximum atomic E-state index is 12.1. The lowest BCUT2D eigenvalue weighted by molar-refractivity contribution is 0.0533. The van der Waals surface area contributed by atoms with Gasteiger partial charge in [-0.3, -0.25) is 0 Å². The number of para-hydroxylation sites is 1. The minimum atomic E-state index is -0.380. The molecule has 114 valence electrons. The van der Waals surface area contributed by atoms with E-state index in [1.54, 1.807) is 0 Å². The van der Waals surface area contributed by atoms with Gasteiger partial charge in [-0.25, -0.2) is 14.8 Å². The molecule has 1 fully saturated rings. The monoisotopic (exact) mass is 325 g/mol. The van der Waals surface area contributed by atoms with Crippen molar-refractivity contribution < 1.29 is 9.53 Å². The molecule has 23 heavy (non-hydrogen) atoms. The summed E-state index contributed by atoms with van der Waals surface area (Å²) in [5.74, 6) is -0.380. The van der Waals surface area contributed by atoms with Gasteiger partial charge in [0, 0.05) is 28.7 Å². The van der Waals surface area contributed by atoms with Gasteiger partial charge < -0.3 is 9.30 Å². The van der Waals surface area contributed by atoms with E-state index in [0.717, 1.165) is 16.5 Å². The lowest BCUT2D eigenvalue weighted by atomic mass is 10.0. The molecule has 0 atom stereocenters. The van der Waals surface area contributed by atoms with Gasteiger partial charge in [-0.2, -0.15) is 0 Å². The fourth-order valence-electron chi connectivity index (χ4n) is 3.25. The number of hydrogen-bond donors (Lipinski definition) is 0. The van der Waals surface area contributed by atoms with Crippen LogP contribution in [0.2, 0.25) is 5.28 Å². The Balaban J connectivity index is 1.84. The molecule has 1 saturated carbocycles. The van der Waals surface area contributed by atoms with E-state index in [1.165, 1.54) is 12.8 Å². The lowest BCUT2D eigenvalue weighted by Crippen LogP contribution is -2.02. The minimum Gasteiger partial charge on any atom is -0.455 e. The summed E-state index contributed by atoms with van der Waals surface area (Å²) in [5, 5.41) is 1.20. The van der Waals surface area contributed by atoms with Gasteiger partial charge in [-0.05, 0) is 30.5 Å². The summed E-state index contributed by atoms with van der Waals surface area (Å²) >= 11 is 6.06. The van der Waals surface area contributed by atoms with E-state index in [2.05, 4.69) is 26.8 Å². The van der Waals surface area contributed by atoms with Crippen LogP contribution in [0.3, 0.4) is 0 Å². The number of fused-ring (bicyclic) bond motifs is 2. The van der Waals surface area contributed by atoms with Gasteiger partial charge in [-0.1, -0.05) is 18.2 Å². The Morgan fingerprint density at radius 3 is 2.87 bits per heavy atom. The summed E-state index contributed by atoms with van der Waals surface area (Å²) in [5.41, 5.74) is 3.63. The molecule has 0 spiro atoms. The highest BCUT2D eigenvalue weighted by molar-refractivity contribution is 6.28. The summed E-state index contributed by atoms with van der Waals surface area (Å²) < 4.78 is 7.38. The largest absolute Gasteiger partial charge is 0.455 e. The number of hydrogen-bond acceptors (Lipinski definition) is 4. The van der Waals surface area contributed by atoms with Gasteiger partial charge >= 0.3 is 5.97 Å². The van der Waals surface area contributed by atoms with Crippen molar-refractivity contribution in [2.45, 2.75) is 25.5 Å². The maximum Gasteiger partial charge on any atom is 0.342 e. The second kappa shape index (κ2) is 4.55. The smallest absolute Gasteiger partial charge is 0.342 e. The molecule has 0 saturated heterocycles. The summed E-state index contributed by atoms with van der Waals surface area (Å²) in [6, 6.07) is 8.69. The van der Waals surface area contributed by atoms with Crippen LogP contribution in [0.15, 0.2) is 30.5 Å². The van der Waals surface area contributed by atoms with Crippen LogP contribution in [-0.4, -0.2) is 20.5 Å². The second-order valence-corrected chi connectivity index (χ2v) is 6.28. The first-order valence-corrected chi connectivity index (χ1v) is 7.93. The van der Waals surface area contributed by atoms with Crippen LogP contribution < -0.4 is 0 Å². The van der Waals surface area contributed by atoms with Crippen LogP contribution in [0.5, 0.6) is 0 Å². The zero-order valence-electron chi connectivity index (χ0n) is 12.1. The predicted octanol–water partition coefficient (Wildman–Crippen LogP) is 3.76. The Morgan fingerprint density at radius 2 is 2.04 bits per heavy atom. The predicted molar refractivity (Wildman–Crippen MR) is 85.4 cm³/mol. The zero-order chi connectivity index (χ0) is 15.6.